The van der Waals surface area contributed by atoms with Crippen LogP contribution in [-0.2, 0) is 0 Å². The molecule has 0 aliphatic carbocycles. The lowest BCUT2D eigenvalue weighted by Crippen LogP contribution is -2.14. The molecule has 0 unspecified atom stereocenters. The lowest BCUT2D eigenvalue weighted by atomic mass is 10.1. The zero-order valence-corrected chi connectivity index (χ0v) is 13.5. The summed E-state index contributed by atoms with van der Waals surface area (Å²) in [6, 6.07) is 14.5. The minimum atomic E-state index is -0.696. The Bertz CT molecular complexity index is 926. The lowest BCUT2D eigenvalue weighted by Gasteiger charge is -1.96. The average Bonchev–Trinajstić information content (AvgIpc) is 2.92. The second-order valence-electron chi connectivity index (χ2n) is 4.92. The molecule has 2 N–H and O–H groups in total. The highest BCUT2D eigenvalue weighted by Gasteiger charge is 2.22. The Labute approximate surface area is 140 Å². The van der Waals surface area contributed by atoms with Gasteiger partial charge >= 0.3 is 0 Å². The van der Waals surface area contributed by atoms with Crippen molar-refractivity contribution in [1.82, 2.24) is 0 Å². The minimum Gasteiger partial charge on any atom is -0.452 e. The SMILES string of the molecule is NC(=O)c1c(C(=O)C=Cc2ccccc2)oc2ccc(Br)cc12. The fourth-order valence-corrected chi connectivity index (χ4v) is 2.66. The standard InChI is InChI=1S/C18H12BrNO3/c19-12-7-9-15-13(10-12)16(18(20)22)17(23-15)14(21)8-6-11-4-2-1-3-5-11/h1-10H,(H2,20,22). The van der Waals surface area contributed by atoms with Crippen molar-refractivity contribution in [2.75, 3.05) is 0 Å². The van der Waals surface area contributed by atoms with Crippen LogP contribution in [0.15, 0.2) is 63.5 Å². The van der Waals surface area contributed by atoms with Crippen molar-refractivity contribution in [3.05, 3.63) is 76.0 Å². The van der Waals surface area contributed by atoms with Gasteiger partial charge in [0.2, 0.25) is 5.78 Å². The van der Waals surface area contributed by atoms with Crippen LogP contribution in [0.1, 0.15) is 26.5 Å². The van der Waals surface area contributed by atoms with Gasteiger partial charge in [-0.1, -0.05) is 52.3 Å². The summed E-state index contributed by atoms with van der Waals surface area (Å²) in [5.41, 5.74) is 6.85. The number of primary amides is 1. The molecule has 1 heterocycles. The number of allylic oxidation sites excluding steroid dienone is 1. The average molecular weight is 370 g/mol. The maximum Gasteiger partial charge on any atom is 0.253 e. The highest BCUT2D eigenvalue weighted by molar-refractivity contribution is 9.10. The van der Waals surface area contributed by atoms with Crippen molar-refractivity contribution < 1.29 is 14.0 Å². The molecule has 0 saturated carbocycles. The zero-order valence-electron chi connectivity index (χ0n) is 12.0. The van der Waals surface area contributed by atoms with E-state index >= 15 is 0 Å². The number of fused-ring (bicyclic) bond motifs is 1. The number of hydrogen-bond donors (Lipinski definition) is 1. The van der Waals surface area contributed by atoms with Gasteiger partial charge < -0.3 is 10.2 Å². The molecule has 5 heteroatoms. The van der Waals surface area contributed by atoms with E-state index in [-0.39, 0.29) is 11.3 Å². The monoisotopic (exact) mass is 369 g/mol. The van der Waals surface area contributed by atoms with E-state index < -0.39 is 11.7 Å². The molecule has 3 aromatic rings. The maximum atomic E-state index is 12.4. The van der Waals surface area contributed by atoms with Crippen molar-refractivity contribution >= 4 is 44.7 Å². The predicted octanol–water partition coefficient (Wildman–Crippen LogP) is 4.19. The number of ketones is 1. The summed E-state index contributed by atoms with van der Waals surface area (Å²) in [5, 5.41) is 0.517. The van der Waals surface area contributed by atoms with E-state index in [1.807, 2.05) is 30.3 Å². The quantitative estimate of drug-likeness (QED) is 0.553. The van der Waals surface area contributed by atoms with Crippen LogP contribution in [0.25, 0.3) is 17.0 Å². The minimum absolute atomic E-state index is 0.0437. The lowest BCUT2D eigenvalue weighted by molar-refractivity contribution is 0.0973. The first kappa shape index (κ1) is 15.2. The summed E-state index contributed by atoms with van der Waals surface area (Å²) < 4.78 is 6.31. The number of carbonyl (C=O) groups excluding carboxylic acids is 2. The fraction of sp³-hybridized carbons (Fsp3) is 0. The third kappa shape index (κ3) is 3.10. The van der Waals surface area contributed by atoms with E-state index in [2.05, 4.69) is 15.9 Å². The van der Waals surface area contributed by atoms with Crippen LogP contribution in [0.5, 0.6) is 0 Å². The van der Waals surface area contributed by atoms with E-state index in [4.69, 9.17) is 10.2 Å². The molecule has 0 aliphatic heterocycles. The van der Waals surface area contributed by atoms with Gasteiger partial charge in [-0.3, -0.25) is 9.59 Å². The van der Waals surface area contributed by atoms with Gasteiger partial charge in [-0.15, -0.1) is 0 Å². The Morgan fingerprint density at radius 1 is 1.09 bits per heavy atom. The van der Waals surface area contributed by atoms with E-state index in [1.165, 1.54) is 6.08 Å². The van der Waals surface area contributed by atoms with Crippen molar-refractivity contribution in [3.63, 3.8) is 0 Å². The van der Waals surface area contributed by atoms with Crippen LogP contribution in [0.3, 0.4) is 0 Å². The van der Waals surface area contributed by atoms with E-state index in [0.29, 0.717) is 11.0 Å². The molecular formula is C18H12BrNO3. The maximum absolute atomic E-state index is 12.4. The van der Waals surface area contributed by atoms with Gasteiger partial charge in [0.1, 0.15) is 5.58 Å². The first-order valence-electron chi connectivity index (χ1n) is 6.85. The van der Waals surface area contributed by atoms with Gasteiger partial charge in [0.15, 0.2) is 5.76 Å². The van der Waals surface area contributed by atoms with Gasteiger partial charge in [0, 0.05) is 9.86 Å². The number of hydrogen-bond acceptors (Lipinski definition) is 3. The Balaban J connectivity index is 2.05. The first-order chi connectivity index (χ1) is 11.1. The largest absolute Gasteiger partial charge is 0.452 e. The number of benzene rings is 2. The van der Waals surface area contributed by atoms with Crippen LogP contribution >= 0.6 is 15.9 Å². The summed E-state index contributed by atoms with van der Waals surface area (Å²) in [4.78, 5) is 24.2. The van der Waals surface area contributed by atoms with Gasteiger partial charge in [-0.05, 0) is 29.8 Å². The third-order valence-electron chi connectivity index (χ3n) is 3.35. The number of carbonyl (C=O) groups is 2. The number of amides is 1. The Morgan fingerprint density at radius 2 is 1.83 bits per heavy atom. The van der Waals surface area contributed by atoms with Gasteiger partial charge in [0.25, 0.3) is 5.91 Å². The van der Waals surface area contributed by atoms with Crippen LogP contribution in [0, 0.1) is 0 Å². The van der Waals surface area contributed by atoms with E-state index in [1.54, 1.807) is 24.3 Å². The number of furan rings is 1. The molecule has 3 rings (SSSR count). The summed E-state index contributed by atoms with van der Waals surface area (Å²) in [6.07, 6.45) is 3.03. The topological polar surface area (TPSA) is 73.3 Å². The normalized spacial score (nSPS) is 11.2. The molecule has 23 heavy (non-hydrogen) atoms. The Hall–Kier alpha value is -2.66. The number of rotatable bonds is 4. The molecule has 0 bridgehead atoms. The first-order valence-corrected chi connectivity index (χ1v) is 7.65. The second-order valence-corrected chi connectivity index (χ2v) is 5.83. The van der Waals surface area contributed by atoms with E-state index in [9.17, 15) is 9.59 Å². The van der Waals surface area contributed by atoms with E-state index in [0.717, 1.165) is 10.0 Å². The molecule has 0 atom stereocenters. The number of halogens is 1. The molecular weight excluding hydrogens is 358 g/mol. The van der Waals surface area contributed by atoms with Crippen molar-refractivity contribution in [2.24, 2.45) is 5.73 Å². The molecule has 0 fully saturated rings. The molecule has 0 aliphatic rings. The van der Waals surface area contributed by atoms with Crippen LogP contribution in [0.4, 0.5) is 0 Å². The smallest absolute Gasteiger partial charge is 0.253 e. The van der Waals surface area contributed by atoms with Gasteiger partial charge in [0.05, 0.1) is 5.56 Å². The van der Waals surface area contributed by atoms with Crippen molar-refractivity contribution in [1.29, 1.82) is 0 Å². The molecule has 1 aromatic heterocycles. The molecule has 114 valence electrons. The van der Waals surface area contributed by atoms with Gasteiger partial charge in [-0.2, -0.15) is 0 Å². The Kier molecular flexibility index (Phi) is 4.12. The molecule has 0 saturated heterocycles. The van der Waals surface area contributed by atoms with Gasteiger partial charge in [-0.25, -0.2) is 0 Å². The van der Waals surface area contributed by atoms with Crippen LogP contribution in [-0.4, -0.2) is 11.7 Å². The van der Waals surface area contributed by atoms with Crippen molar-refractivity contribution in [2.45, 2.75) is 0 Å². The molecule has 1 amide bonds. The summed E-state index contributed by atoms with van der Waals surface area (Å²) in [5.74, 6) is -1.15. The fourth-order valence-electron chi connectivity index (χ4n) is 2.30. The summed E-state index contributed by atoms with van der Waals surface area (Å²) in [7, 11) is 0. The molecule has 4 nitrogen and oxygen atoms in total. The number of nitrogens with two attached hydrogens (primary N) is 1. The molecule has 0 spiro atoms. The molecule has 2 aromatic carbocycles. The van der Waals surface area contributed by atoms with Crippen LogP contribution in [0.2, 0.25) is 0 Å². The summed E-state index contributed by atoms with van der Waals surface area (Å²) in [6.45, 7) is 0. The molecule has 0 radical (unpaired) electrons. The Morgan fingerprint density at radius 3 is 2.52 bits per heavy atom. The summed E-state index contributed by atoms with van der Waals surface area (Å²) >= 11 is 3.33. The third-order valence-corrected chi connectivity index (χ3v) is 3.84. The zero-order chi connectivity index (χ0) is 16.4. The van der Waals surface area contributed by atoms with Crippen LogP contribution < -0.4 is 5.73 Å². The highest BCUT2D eigenvalue weighted by Crippen LogP contribution is 2.29. The highest BCUT2D eigenvalue weighted by atomic mass is 79.9. The predicted molar refractivity (Wildman–Crippen MR) is 92.2 cm³/mol. The van der Waals surface area contributed by atoms with Crippen molar-refractivity contribution in [3.8, 4) is 0 Å². The second kappa shape index (κ2) is 6.22.